The zero-order valence-corrected chi connectivity index (χ0v) is 11.6. The van der Waals surface area contributed by atoms with Crippen molar-refractivity contribution in [2.75, 3.05) is 19.6 Å². The van der Waals surface area contributed by atoms with Gasteiger partial charge in [-0.25, -0.2) is 4.39 Å². The van der Waals surface area contributed by atoms with E-state index in [2.05, 4.69) is 16.8 Å². The van der Waals surface area contributed by atoms with Crippen LogP contribution >= 0.6 is 0 Å². The first-order valence-corrected chi connectivity index (χ1v) is 6.94. The topological polar surface area (TPSA) is 33.2 Å². The number of hydrogen-bond acceptors (Lipinski definition) is 3. The van der Waals surface area contributed by atoms with Gasteiger partial charge in [0.2, 0.25) is 0 Å². The lowest BCUT2D eigenvalue weighted by Gasteiger charge is -2.32. The first kappa shape index (κ1) is 14.1. The maximum absolute atomic E-state index is 12.8. The Bertz CT molecular complexity index is 432. The van der Waals surface area contributed by atoms with E-state index in [1.165, 1.54) is 25.0 Å². The van der Waals surface area contributed by atoms with Crippen LogP contribution in [0.25, 0.3) is 0 Å². The molecule has 19 heavy (non-hydrogen) atoms. The molecule has 2 rings (SSSR count). The van der Waals surface area contributed by atoms with Gasteiger partial charge in [0, 0.05) is 19.0 Å². The Balaban J connectivity index is 1.93. The summed E-state index contributed by atoms with van der Waals surface area (Å²) in [6.07, 6.45) is 3.58. The Morgan fingerprint density at radius 3 is 3.00 bits per heavy atom. The SMILES string of the molecule is CC1CCCN(CC(C)C(=O)c2ccc(F)cn2)C1. The maximum Gasteiger partial charge on any atom is 0.185 e. The van der Waals surface area contributed by atoms with E-state index in [1.807, 2.05) is 6.92 Å². The third-order valence-electron chi connectivity index (χ3n) is 3.70. The van der Waals surface area contributed by atoms with Gasteiger partial charge in [-0.3, -0.25) is 9.78 Å². The van der Waals surface area contributed by atoms with Crippen LogP contribution in [0.5, 0.6) is 0 Å². The second-order valence-electron chi connectivity index (χ2n) is 5.63. The van der Waals surface area contributed by atoms with E-state index in [9.17, 15) is 9.18 Å². The van der Waals surface area contributed by atoms with Crippen LogP contribution in [0.4, 0.5) is 4.39 Å². The van der Waals surface area contributed by atoms with Crippen LogP contribution in [0.2, 0.25) is 0 Å². The number of carbonyl (C=O) groups excluding carboxylic acids is 1. The molecule has 1 saturated heterocycles. The molecule has 0 bridgehead atoms. The van der Waals surface area contributed by atoms with E-state index < -0.39 is 5.82 Å². The van der Waals surface area contributed by atoms with Gasteiger partial charge in [-0.1, -0.05) is 13.8 Å². The number of piperidine rings is 1. The Labute approximate surface area is 113 Å². The van der Waals surface area contributed by atoms with Gasteiger partial charge in [-0.05, 0) is 37.4 Å². The van der Waals surface area contributed by atoms with E-state index in [4.69, 9.17) is 0 Å². The third-order valence-corrected chi connectivity index (χ3v) is 3.70. The monoisotopic (exact) mass is 264 g/mol. The highest BCUT2D eigenvalue weighted by molar-refractivity contribution is 5.95. The van der Waals surface area contributed by atoms with Crippen molar-refractivity contribution in [2.45, 2.75) is 26.7 Å². The number of aromatic nitrogens is 1. The zero-order valence-electron chi connectivity index (χ0n) is 11.6. The van der Waals surface area contributed by atoms with Crippen LogP contribution in [-0.2, 0) is 0 Å². The van der Waals surface area contributed by atoms with Gasteiger partial charge >= 0.3 is 0 Å². The molecule has 0 saturated carbocycles. The number of hydrogen-bond donors (Lipinski definition) is 0. The van der Waals surface area contributed by atoms with Crippen molar-refractivity contribution in [3.8, 4) is 0 Å². The fourth-order valence-electron chi connectivity index (χ4n) is 2.70. The average molecular weight is 264 g/mol. The van der Waals surface area contributed by atoms with Crippen LogP contribution in [0, 0.1) is 17.7 Å². The third kappa shape index (κ3) is 3.83. The lowest BCUT2D eigenvalue weighted by Crippen LogP contribution is -2.39. The second-order valence-corrected chi connectivity index (χ2v) is 5.63. The van der Waals surface area contributed by atoms with Crippen molar-refractivity contribution in [2.24, 2.45) is 11.8 Å². The summed E-state index contributed by atoms with van der Waals surface area (Å²) in [4.78, 5) is 18.4. The molecule has 0 radical (unpaired) electrons. The van der Waals surface area contributed by atoms with Gasteiger partial charge in [0.15, 0.2) is 5.78 Å². The number of rotatable bonds is 4. The predicted molar refractivity (Wildman–Crippen MR) is 72.5 cm³/mol. The molecule has 0 aromatic carbocycles. The van der Waals surface area contributed by atoms with Crippen molar-refractivity contribution < 1.29 is 9.18 Å². The Morgan fingerprint density at radius 1 is 1.58 bits per heavy atom. The molecule has 1 fully saturated rings. The van der Waals surface area contributed by atoms with Crippen LogP contribution < -0.4 is 0 Å². The number of pyridine rings is 1. The molecule has 2 atom stereocenters. The van der Waals surface area contributed by atoms with Crippen molar-refractivity contribution in [3.05, 3.63) is 29.8 Å². The van der Waals surface area contributed by atoms with Crippen molar-refractivity contribution >= 4 is 5.78 Å². The Kier molecular flexibility index (Phi) is 4.64. The molecule has 0 aliphatic carbocycles. The van der Waals surface area contributed by atoms with Crippen molar-refractivity contribution in [1.82, 2.24) is 9.88 Å². The fourth-order valence-corrected chi connectivity index (χ4v) is 2.70. The molecular weight excluding hydrogens is 243 g/mol. The summed E-state index contributed by atoms with van der Waals surface area (Å²) in [6.45, 7) is 7.07. The highest BCUT2D eigenvalue weighted by atomic mass is 19.1. The summed E-state index contributed by atoms with van der Waals surface area (Å²) in [5, 5.41) is 0. The second kappa shape index (κ2) is 6.24. The van der Waals surface area contributed by atoms with Gasteiger partial charge in [0.05, 0.1) is 6.20 Å². The summed E-state index contributed by atoms with van der Waals surface area (Å²) in [6, 6.07) is 2.75. The van der Waals surface area contributed by atoms with Crippen LogP contribution in [0.3, 0.4) is 0 Å². The standard InChI is InChI=1S/C15H21FN2O/c1-11-4-3-7-18(9-11)10-12(2)15(19)14-6-5-13(16)8-17-14/h5-6,8,11-12H,3-4,7,9-10H2,1-2H3. The van der Waals surface area contributed by atoms with E-state index in [0.717, 1.165) is 25.8 Å². The van der Waals surface area contributed by atoms with Crippen LogP contribution in [-0.4, -0.2) is 35.3 Å². The Morgan fingerprint density at radius 2 is 2.37 bits per heavy atom. The molecule has 2 heterocycles. The van der Waals surface area contributed by atoms with Gasteiger partial charge in [0.25, 0.3) is 0 Å². The summed E-state index contributed by atoms with van der Waals surface area (Å²) in [7, 11) is 0. The molecule has 3 nitrogen and oxygen atoms in total. The largest absolute Gasteiger partial charge is 0.302 e. The molecule has 1 aliphatic rings. The molecule has 1 aliphatic heterocycles. The van der Waals surface area contributed by atoms with Gasteiger partial charge in [-0.15, -0.1) is 0 Å². The summed E-state index contributed by atoms with van der Waals surface area (Å²) >= 11 is 0. The van der Waals surface area contributed by atoms with E-state index >= 15 is 0 Å². The summed E-state index contributed by atoms with van der Waals surface area (Å²) < 4.78 is 12.8. The summed E-state index contributed by atoms with van der Waals surface area (Å²) in [5.74, 6) is 0.204. The molecule has 1 aromatic heterocycles. The number of nitrogens with zero attached hydrogens (tertiary/aromatic N) is 2. The molecule has 0 spiro atoms. The number of likely N-dealkylation sites (tertiary alicyclic amines) is 1. The molecule has 104 valence electrons. The van der Waals surface area contributed by atoms with Crippen LogP contribution in [0.15, 0.2) is 18.3 Å². The molecule has 4 heteroatoms. The molecule has 1 aromatic rings. The quantitative estimate of drug-likeness (QED) is 0.784. The number of halogens is 1. The maximum atomic E-state index is 12.8. The lowest BCUT2D eigenvalue weighted by atomic mass is 9.97. The minimum Gasteiger partial charge on any atom is -0.302 e. The lowest BCUT2D eigenvalue weighted by molar-refractivity contribution is 0.0861. The van der Waals surface area contributed by atoms with Gasteiger partial charge < -0.3 is 4.90 Å². The normalized spacial score (nSPS) is 22.2. The first-order chi connectivity index (χ1) is 9.06. The molecule has 2 unspecified atom stereocenters. The van der Waals surface area contributed by atoms with Crippen molar-refractivity contribution in [1.29, 1.82) is 0 Å². The van der Waals surface area contributed by atoms with E-state index in [0.29, 0.717) is 11.6 Å². The van der Waals surface area contributed by atoms with Gasteiger partial charge in [-0.2, -0.15) is 0 Å². The minimum atomic E-state index is -0.408. The van der Waals surface area contributed by atoms with E-state index in [1.54, 1.807) is 0 Å². The average Bonchev–Trinajstić information content (AvgIpc) is 2.39. The Hall–Kier alpha value is -1.29. The zero-order chi connectivity index (χ0) is 13.8. The highest BCUT2D eigenvalue weighted by Gasteiger charge is 2.22. The first-order valence-electron chi connectivity index (χ1n) is 6.94. The number of ketones is 1. The molecule has 0 N–H and O–H groups in total. The smallest absolute Gasteiger partial charge is 0.185 e. The number of Topliss-reactive ketones (excluding diaryl/α,β-unsaturated/α-hetero) is 1. The minimum absolute atomic E-state index is 0.00164. The summed E-state index contributed by atoms with van der Waals surface area (Å²) in [5.41, 5.74) is 0.360. The van der Waals surface area contributed by atoms with Crippen molar-refractivity contribution in [3.63, 3.8) is 0 Å². The fraction of sp³-hybridized carbons (Fsp3) is 0.600. The van der Waals surface area contributed by atoms with E-state index in [-0.39, 0.29) is 11.7 Å². The van der Waals surface area contributed by atoms with Crippen LogP contribution in [0.1, 0.15) is 37.2 Å². The molecule has 0 amide bonds. The number of carbonyl (C=O) groups is 1. The van der Waals surface area contributed by atoms with Gasteiger partial charge in [0.1, 0.15) is 11.5 Å². The molecular formula is C15H21FN2O. The predicted octanol–water partition coefficient (Wildman–Crippen LogP) is 2.77. The highest BCUT2D eigenvalue weighted by Crippen LogP contribution is 2.17.